The van der Waals surface area contributed by atoms with Crippen LogP contribution in [0.25, 0.3) is 11.1 Å². The van der Waals surface area contributed by atoms with Gasteiger partial charge in [-0.05, 0) is 41.5 Å². The number of rotatable bonds is 8. The van der Waals surface area contributed by atoms with Crippen molar-refractivity contribution in [3.63, 3.8) is 0 Å². The number of carbonyl (C=O) groups excluding carboxylic acids is 1. The summed E-state index contributed by atoms with van der Waals surface area (Å²) < 4.78 is 65.9. The van der Waals surface area contributed by atoms with Crippen LogP contribution in [-0.2, 0) is 21.1 Å². The number of nitrogens with one attached hydrogen (secondary N) is 1. The van der Waals surface area contributed by atoms with E-state index >= 15 is 0 Å². The molecule has 0 bridgehead atoms. The number of thiophene rings is 1. The topological polar surface area (TPSA) is 85.4 Å². The molecule has 0 spiro atoms. The molecular formula is C21H19F3N2O4S2. The highest BCUT2D eigenvalue weighted by atomic mass is 32.2. The molecule has 1 aromatic carbocycles. The van der Waals surface area contributed by atoms with E-state index in [4.69, 9.17) is 4.74 Å². The van der Waals surface area contributed by atoms with E-state index < -0.39 is 22.6 Å². The molecule has 3 rings (SSSR count). The van der Waals surface area contributed by atoms with E-state index in [2.05, 4.69) is 10.3 Å². The number of anilines is 1. The Hall–Kier alpha value is -2.92. The van der Waals surface area contributed by atoms with Gasteiger partial charge in [-0.2, -0.15) is 13.2 Å². The van der Waals surface area contributed by atoms with Gasteiger partial charge in [-0.3, -0.25) is 4.79 Å². The van der Waals surface area contributed by atoms with Gasteiger partial charge in [0.15, 0.2) is 16.4 Å². The van der Waals surface area contributed by atoms with Crippen molar-refractivity contribution < 1.29 is 31.1 Å². The molecule has 0 saturated carbocycles. The van der Waals surface area contributed by atoms with Gasteiger partial charge in [0, 0.05) is 17.1 Å². The summed E-state index contributed by atoms with van der Waals surface area (Å²) in [5, 5.41) is 4.91. The minimum absolute atomic E-state index is 0.00651. The number of hydrogen-bond donors (Lipinski definition) is 1. The van der Waals surface area contributed by atoms with E-state index in [1.807, 2.05) is 0 Å². The number of carbonyl (C=O) groups is 1. The first-order valence-corrected chi connectivity index (χ1v) is 12.0. The third-order valence-corrected chi connectivity index (χ3v) is 6.94. The number of nitrogens with zero attached hydrogens (tertiary/aromatic N) is 1. The van der Waals surface area contributed by atoms with Gasteiger partial charge in [0.1, 0.15) is 0 Å². The Morgan fingerprint density at radius 2 is 1.91 bits per heavy atom. The second-order valence-corrected chi connectivity index (χ2v) is 9.92. The molecule has 0 aliphatic carbocycles. The molecule has 0 fully saturated rings. The molecule has 0 saturated heterocycles. The number of hydrogen-bond acceptors (Lipinski definition) is 6. The van der Waals surface area contributed by atoms with Gasteiger partial charge >= 0.3 is 6.18 Å². The van der Waals surface area contributed by atoms with E-state index in [-0.39, 0.29) is 28.9 Å². The zero-order valence-electron chi connectivity index (χ0n) is 16.8. The third kappa shape index (κ3) is 6.30. The Labute approximate surface area is 187 Å². The second kappa shape index (κ2) is 9.70. The highest BCUT2D eigenvalue weighted by Crippen LogP contribution is 2.34. The molecule has 2 aromatic heterocycles. The Bertz CT molecular complexity index is 1190. The van der Waals surface area contributed by atoms with Crippen molar-refractivity contribution in [1.82, 2.24) is 4.98 Å². The fraction of sp³-hybridized carbons (Fsp3) is 0.238. The average Bonchev–Trinajstić information content (AvgIpc) is 3.20. The maximum atomic E-state index is 12.5. The molecular weight excluding hydrogens is 465 g/mol. The Kier molecular flexibility index (Phi) is 7.19. The summed E-state index contributed by atoms with van der Waals surface area (Å²) in [6, 6.07) is 10.9. The summed E-state index contributed by atoms with van der Waals surface area (Å²) in [7, 11) is -3.31. The third-order valence-electron chi connectivity index (χ3n) is 4.34. The van der Waals surface area contributed by atoms with Crippen LogP contribution in [0.3, 0.4) is 0 Å². The van der Waals surface area contributed by atoms with Crippen LogP contribution in [0.2, 0.25) is 0 Å². The molecule has 0 atom stereocenters. The van der Waals surface area contributed by atoms with Crippen molar-refractivity contribution in [2.75, 3.05) is 17.7 Å². The van der Waals surface area contributed by atoms with Crippen molar-refractivity contribution in [2.45, 2.75) is 24.4 Å². The standard InChI is InChI=1S/C21H19F3N2O4S2/c1-2-32(28,29)16-7-5-14(6-8-16)10-18(27)26-19-11-15(12-31-19)17-4-3-9-25-20(17)30-13-21(22,23)24/h3-9,11-12H,2,10,13H2,1H3,(H,26,27). The molecule has 0 radical (unpaired) electrons. The fourth-order valence-electron chi connectivity index (χ4n) is 2.77. The van der Waals surface area contributed by atoms with Gasteiger partial charge in [-0.15, -0.1) is 11.3 Å². The Morgan fingerprint density at radius 3 is 2.56 bits per heavy atom. The molecule has 3 aromatic rings. The minimum atomic E-state index is -4.48. The highest BCUT2D eigenvalue weighted by molar-refractivity contribution is 7.91. The molecule has 6 nitrogen and oxygen atoms in total. The van der Waals surface area contributed by atoms with E-state index in [0.29, 0.717) is 21.7 Å². The average molecular weight is 485 g/mol. The second-order valence-electron chi connectivity index (χ2n) is 6.73. The first-order valence-electron chi connectivity index (χ1n) is 9.42. The first-order chi connectivity index (χ1) is 15.1. The van der Waals surface area contributed by atoms with Crippen molar-refractivity contribution >= 4 is 32.1 Å². The van der Waals surface area contributed by atoms with Crippen LogP contribution in [0.4, 0.5) is 18.2 Å². The number of sulfone groups is 1. The van der Waals surface area contributed by atoms with Crippen LogP contribution in [0.15, 0.2) is 58.9 Å². The van der Waals surface area contributed by atoms with Crippen LogP contribution in [0, 0.1) is 0 Å². The summed E-state index contributed by atoms with van der Waals surface area (Å²) in [5.74, 6) is -0.472. The van der Waals surface area contributed by atoms with Gasteiger partial charge in [-0.1, -0.05) is 19.1 Å². The van der Waals surface area contributed by atoms with E-state index in [1.54, 1.807) is 42.6 Å². The van der Waals surface area contributed by atoms with Gasteiger partial charge in [-0.25, -0.2) is 13.4 Å². The molecule has 32 heavy (non-hydrogen) atoms. The summed E-state index contributed by atoms with van der Waals surface area (Å²) in [4.78, 5) is 16.4. The molecule has 170 valence electrons. The molecule has 0 unspecified atom stereocenters. The number of ether oxygens (including phenoxy) is 1. The predicted octanol–water partition coefficient (Wildman–Crippen LogP) is 4.73. The quantitative estimate of drug-likeness (QED) is 0.500. The number of benzene rings is 1. The lowest BCUT2D eigenvalue weighted by molar-refractivity contribution is -0.154. The highest BCUT2D eigenvalue weighted by Gasteiger charge is 2.29. The van der Waals surface area contributed by atoms with Gasteiger partial charge < -0.3 is 10.1 Å². The molecule has 0 aliphatic rings. The molecule has 1 amide bonds. The Morgan fingerprint density at radius 1 is 1.19 bits per heavy atom. The number of pyridine rings is 1. The Balaban J connectivity index is 1.66. The molecule has 0 aliphatic heterocycles. The van der Waals surface area contributed by atoms with Crippen molar-refractivity contribution in [3.05, 3.63) is 59.6 Å². The van der Waals surface area contributed by atoms with E-state index in [9.17, 15) is 26.4 Å². The summed E-state index contributed by atoms with van der Waals surface area (Å²) in [6.45, 7) is 0.103. The van der Waals surface area contributed by atoms with Crippen molar-refractivity contribution in [2.24, 2.45) is 0 Å². The van der Waals surface area contributed by atoms with Crippen molar-refractivity contribution in [1.29, 1.82) is 0 Å². The van der Waals surface area contributed by atoms with Crippen molar-refractivity contribution in [3.8, 4) is 17.0 Å². The summed E-state index contributed by atoms with van der Waals surface area (Å²) in [6.07, 6.45) is -3.12. The maximum Gasteiger partial charge on any atom is 0.422 e. The lowest BCUT2D eigenvalue weighted by Crippen LogP contribution is -2.19. The van der Waals surface area contributed by atoms with Gasteiger partial charge in [0.05, 0.1) is 22.1 Å². The zero-order valence-corrected chi connectivity index (χ0v) is 18.5. The lowest BCUT2D eigenvalue weighted by Gasteiger charge is -2.11. The molecule has 1 N–H and O–H groups in total. The number of aromatic nitrogens is 1. The number of amides is 1. The zero-order chi connectivity index (χ0) is 23.4. The largest absolute Gasteiger partial charge is 0.468 e. The van der Waals surface area contributed by atoms with Gasteiger partial charge in [0.25, 0.3) is 0 Å². The molecule has 11 heteroatoms. The van der Waals surface area contributed by atoms with E-state index in [1.165, 1.54) is 29.7 Å². The summed E-state index contributed by atoms with van der Waals surface area (Å²) >= 11 is 1.21. The number of alkyl halides is 3. The fourth-order valence-corrected chi connectivity index (χ4v) is 4.47. The smallest absolute Gasteiger partial charge is 0.422 e. The van der Waals surface area contributed by atoms with Crippen LogP contribution < -0.4 is 10.1 Å². The monoisotopic (exact) mass is 484 g/mol. The van der Waals surface area contributed by atoms with Crippen LogP contribution in [-0.4, -0.2) is 37.8 Å². The van der Waals surface area contributed by atoms with Crippen LogP contribution >= 0.6 is 11.3 Å². The lowest BCUT2D eigenvalue weighted by atomic mass is 10.1. The molecule has 2 heterocycles. The minimum Gasteiger partial charge on any atom is -0.468 e. The van der Waals surface area contributed by atoms with E-state index in [0.717, 1.165) is 0 Å². The normalized spacial score (nSPS) is 11.9. The SMILES string of the molecule is CCS(=O)(=O)c1ccc(CC(=O)Nc2cc(-c3cccnc3OCC(F)(F)F)cs2)cc1. The van der Waals surface area contributed by atoms with Crippen LogP contribution in [0.1, 0.15) is 12.5 Å². The summed E-state index contributed by atoms with van der Waals surface area (Å²) in [5.41, 5.74) is 1.58. The predicted molar refractivity (Wildman–Crippen MR) is 116 cm³/mol. The first kappa shape index (κ1) is 23.7. The van der Waals surface area contributed by atoms with Crippen LogP contribution in [0.5, 0.6) is 5.88 Å². The maximum absolute atomic E-state index is 12.5. The van der Waals surface area contributed by atoms with Gasteiger partial charge in [0.2, 0.25) is 11.8 Å². The number of halogens is 3.